The quantitative estimate of drug-likeness (QED) is 0.597. The number of hydrogen-bond acceptors (Lipinski definition) is 5. The van der Waals surface area contributed by atoms with Gasteiger partial charge in [-0.1, -0.05) is 42.8 Å². The van der Waals surface area contributed by atoms with Crippen molar-refractivity contribution in [3.05, 3.63) is 69.7 Å². The maximum atomic E-state index is 13.1. The van der Waals surface area contributed by atoms with Crippen LogP contribution in [0, 0.1) is 0 Å². The Hall–Kier alpha value is -2.57. The smallest absolute Gasteiger partial charge is 0.236 e. The largest absolute Gasteiger partial charge is 0.454 e. The number of nitrogens with zero attached hydrogens (tertiary/aromatic N) is 1. The first-order chi connectivity index (χ1) is 14.1. The molecule has 1 N–H and O–H groups in total. The van der Waals surface area contributed by atoms with Crippen molar-refractivity contribution in [2.24, 2.45) is 0 Å². The van der Waals surface area contributed by atoms with Crippen LogP contribution in [0.3, 0.4) is 0 Å². The molecule has 2 heterocycles. The maximum Gasteiger partial charge on any atom is 0.236 e. The summed E-state index contributed by atoms with van der Waals surface area (Å²) >= 11 is 7.82. The van der Waals surface area contributed by atoms with Crippen LogP contribution in [-0.4, -0.2) is 17.7 Å². The van der Waals surface area contributed by atoms with Crippen molar-refractivity contribution in [2.75, 3.05) is 12.1 Å². The highest BCUT2D eigenvalue weighted by Crippen LogP contribution is 2.51. The van der Waals surface area contributed by atoms with Crippen molar-refractivity contribution < 1.29 is 14.3 Å². The third kappa shape index (κ3) is 3.26. The van der Waals surface area contributed by atoms with Crippen LogP contribution in [0.2, 0.25) is 5.02 Å². The molecular weight excluding hydrogens is 408 g/mol. The van der Waals surface area contributed by atoms with Crippen LogP contribution in [0.25, 0.3) is 0 Å². The normalized spacial score (nSPS) is 17.0. The first-order valence-electron chi connectivity index (χ1n) is 9.48. The molecule has 3 aromatic rings. The lowest BCUT2D eigenvalue weighted by Gasteiger charge is -2.15. The van der Waals surface area contributed by atoms with Crippen molar-refractivity contribution in [3.63, 3.8) is 0 Å². The molecule has 1 saturated carbocycles. The summed E-state index contributed by atoms with van der Waals surface area (Å²) in [7, 11) is 0. The molecular formula is C22H19ClN2O3S. The minimum atomic E-state index is -0.513. The number of thiazole rings is 1. The number of carbonyl (C=O) groups excluding carboxylic acids is 1. The van der Waals surface area contributed by atoms with Gasteiger partial charge in [0, 0.05) is 22.0 Å². The average molecular weight is 427 g/mol. The number of aromatic nitrogens is 1. The van der Waals surface area contributed by atoms with Crippen LogP contribution in [-0.2, 0) is 10.2 Å². The van der Waals surface area contributed by atoms with Crippen molar-refractivity contribution in [3.8, 4) is 11.5 Å². The summed E-state index contributed by atoms with van der Waals surface area (Å²) in [4.78, 5) is 18.5. The van der Waals surface area contributed by atoms with E-state index in [2.05, 4.69) is 17.2 Å². The van der Waals surface area contributed by atoms with Gasteiger partial charge in [-0.15, -0.1) is 11.3 Å². The number of ether oxygens (including phenoxy) is 2. The molecule has 2 aliphatic rings. The van der Waals surface area contributed by atoms with E-state index in [-0.39, 0.29) is 18.6 Å². The highest BCUT2D eigenvalue weighted by molar-refractivity contribution is 7.15. The Morgan fingerprint density at radius 1 is 1.21 bits per heavy atom. The average Bonchev–Trinajstić information content (AvgIpc) is 3.18. The molecule has 1 aromatic heterocycles. The zero-order valence-electron chi connectivity index (χ0n) is 15.8. The fourth-order valence-corrected chi connectivity index (χ4v) is 4.89. The summed E-state index contributed by atoms with van der Waals surface area (Å²) < 4.78 is 10.8. The highest BCUT2D eigenvalue weighted by Gasteiger charge is 2.52. The minimum Gasteiger partial charge on any atom is -0.454 e. The molecule has 0 bridgehead atoms. The molecule has 29 heavy (non-hydrogen) atoms. The lowest BCUT2D eigenvalue weighted by molar-refractivity contribution is -0.118. The molecule has 1 aliphatic heterocycles. The fraction of sp³-hybridized carbons (Fsp3) is 0.273. The summed E-state index contributed by atoms with van der Waals surface area (Å²) in [6, 6.07) is 13.5. The van der Waals surface area contributed by atoms with E-state index in [1.807, 2.05) is 48.7 Å². The molecule has 2 aromatic carbocycles. The molecule has 0 saturated heterocycles. The van der Waals surface area contributed by atoms with Gasteiger partial charge in [0.1, 0.15) is 0 Å². The van der Waals surface area contributed by atoms with Crippen LogP contribution in [0.4, 0.5) is 5.13 Å². The monoisotopic (exact) mass is 426 g/mol. The van der Waals surface area contributed by atoms with Gasteiger partial charge in [-0.05, 0) is 42.2 Å². The van der Waals surface area contributed by atoms with Crippen molar-refractivity contribution >= 4 is 34.0 Å². The predicted molar refractivity (Wildman–Crippen MR) is 113 cm³/mol. The summed E-state index contributed by atoms with van der Waals surface area (Å²) in [6.07, 6.45) is 3.44. The van der Waals surface area contributed by atoms with E-state index in [4.69, 9.17) is 21.1 Å². The Morgan fingerprint density at radius 2 is 2.00 bits per heavy atom. The molecule has 7 heteroatoms. The summed E-state index contributed by atoms with van der Waals surface area (Å²) in [6.45, 7) is 2.32. The molecule has 1 fully saturated rings. The fourth-order valence-electron chi connectivity index (χ4n) is 3.71. The molecule has 5 rings (SSSR count). The molecule has 0 unspecified atom stereocenters. The molecule has 1 aliphatic carbocycles. The number of anilines is 1. The van der Waals surface area contributed by atoms with Crippen LogP contribution >= 0.6 is 22.9 Å². The van der Waals surface area contributed by atoms with Crippen molar-refractivity contribution in [1.29, 1.82) is 0 Å². The van der Waals surface area contributed by atoms with Gasteiger partial charge >= 0.3 is 0 Å². The number of carbonyl (C=O) groups is 1. The number of hydrogen-bond donors (Lipinski definition) is 1. The van der Waals surface area contributed by atoms with E-state index in [1.54, 1.807) is 0 Å². The lowest BCUT2D eigenvalue weighted by Crippen LogP contribution is -2.27. The van der Waals surface area contributed by atoms with E-state index < -0.39 is 5.41 Å². The van der Waals surface area contributed by atoms with Crippen LogP contribution < -0.4 is 14.8 Å². The summed E-state index contributed by atoms with van der Waals surface area (Å²) in [5.74, 6) is 1.51. The van der Waals surface area contributed by atoms with Gasteiger partial charge in [0.15, 0.2) is 16.6 Å². The van der Waals surface area contributed by atoms with Crippen LogP contribution in [0.5, 0.6) is 11.5 Å². The molecule has 1 amide bonds. The van der Waals surface area contributed by atoms with Crippen LogP contribution in [0.15, 0.2) is 48.7 Å². The van der Waals surface area contributed by atoms with E-state index >= 15 is 0 Å². The third-order valence-electron chi connectivity index (χ3n) is 5.65. The van der Waals surface area contributed by atoms with E-state index in [9.17, 15) is 4.79 Å². The Bertz CT molecular complexity index is 1090. The topological polar surface area (TPSA) is 60.5 Å². The van der Waals surface area contributed by atoms with Gasteiger partial charge in [-0.2, -0.15) is 0 Å². The third-order valence-corrected chi connectivity index (χ3v) is 7.09. The van der Waals surface area contributed by atoms with Gasteiger partial charge in [0.25, 0.3) is 0 Å². The summed E-state index contributed by atoms with van der Waals surface area (Å²) in [5.41, 5.74) is 1.50. The molecule has 5 nitrogen and oxygen atoms in total. The van der Waals surface area contributed by atoms with E-state index in [0.717, 1.165) is 39.6 Å². The maximum absolute atomic E-state index is 13.1. The second-order valence-electron chi connectivity index (χ2n) is 7.42. The first-order valence-corrected chi connectivity index (χ1v) is 10.7. The highest BCUT2D eigenvalue weighted by atomic mass is 35.5. The molecule has 1 atom stereocenters. The Kier molecular flexibility index (Phi) is 4.48. The first kappa shape index (κ1) is 18.5. The molecule has 148 valence electrons. The van der Waals surface area contributed by atoms with Gasteiger partial charge in [0.2, 0.25) is 12.7 Å². The van der Waals surface area contributed by atoms with Gasteiger partial charge in [-0.3, -0.25) is 4.79 Å². The number of nitrogens with one attached hydrogen (secondary N) is 1. The number of halogens is 1. The second-order valence-corrected chi connectivity index (χ2v) is 8.88. The Labute approximate surface area is 177 Å². The number of amides is 1. The zero-order chi connectivity index (χ0) is 20.0. The van der Waals surface area contributed by atoms with Crippen molar-refractivity contribution in [2.45, 2.75) is 31.1 Å². The van der Waals surface area contributed by atoms with Crippen molar-refractivity contribution in [1.82, 2.24) is 4.98 Å². The van der Waals surface area contributed by atoms with E-state index in [0.29, 0.717) is 10.9 Å². The lowest BCUT2D eigenvalue weighted by atomic mass is 9.94. The van der Waals surface area contributed by atoms with Gasteiger partial charge in [0.05, 0.1) is 5.41 Å². The second kappa shape index (κ2) is 7.04. The zero-order valence-corrected chi connectivity index (χ0v) is 17.3. The minimum absolute atomic E-state index is 0.0253. The van der Waals surface area contributed by atoms with E-state index in [1.165, 1.54) is 11.3 Å². The molecule has 0 spiro atoms. The Morgan fingerprint density at radius 3 is 2.79 bits per heavy atom. The van der Waals surface area contributed by atoms with Gasteiger partial charge in [-0.25, -0.2) is 4.98 Å². The summed E-state index contributed by atoms with van der Waals surface area (Å²) in [5, 5.41) is 4.36. The number of rotatable bonds is 5. The number of benzene rings is 2. The molecule has 0 radical (unpaired) electrons. The SMILES string of the molecule is C[C@@H](c1cnc(NC(=O)C2(c3ccc4c(c3)OCO4)CC2)s1)c1ccccc1Cl. The standard InChI is InChI=1S/C22H19ClN2O3S/c1-13(15-4-2-3-5-16(15)23)19-11-24-21(29-19)25-20(26)22(8-9-22)14-6-7-17-18(10-14)28-12-27-17/h2-7,10-11,13H,8-9,12H2,1H3,(H,24,25,26)/t13-/m1/s1. The Balaban J connectivity index is 1.33. The predicted octanol–water partition coefficient (Wildman–Crippen LogP) is 5.35. The van der Waals surface area contributed by atoms with Crippen LogP contribution in [0.1, 0.15) is 41.7 Å². The van der Waals surface area contributed by atoms with Gasteiger partial charge < -0.3 is 14.8 Å². The number of fused-ring (bicyclic) bond motifs is 1.